The van der Waals surface area contributed by atoms with Gasteiger partial charge in [0.2, 0.25) is 0 Å². The molecule has 2 aliphatic heterocycles. The molecule has 0 saturated carbocycles. The van der Waals surface area contributed by atoms with Gasteiger partial charge >= 0.3 is 0 Å². The topological polar surface area (TPSA) is 35.5 Å². The highest BCUT2D eigenvalue weighted by Crippen LogP contribution is 2.46. The molecule has 0 spiro atoms. The Labute approximate surface area is 97.5 Å². The van der Waals surface area contributed by atoms with Crippen molar-refractivity contribution < 1.29 is 14.3 Å². The van der Waals surface area contributed by atoms with Crippen molar-refractivity contribution in [3.63, 3.8) is 0 Å². The van der Waals surface area contributed by atoms with Crippen LogP contribution in [0, 0.1) is 23.7 Å². The van der Waals surface area contributed by atoms with Gasteiger partial charge in [-0.15, -0.1) is 0 Å². The van der Waals surface area contributed by atoms with E-state index in [1.54, 1.807) is 0 Å². The average molecular weight is 226 g/mol. The molecule has 2 bridgehead atoms. The number of rotatable bonds is 3. The van der Waals surface area contributed by atoms with Crippen LogP contribution in [0.5, 0.6) is 0 Å². The van der Waals surface area contributed by atoms with Gasteiger partial charge in [0.25, 0.3) is 0 Å². The number of Topliss-reactive ketones (excluding diaryl/α,β-unsaturated/α-hetero) is 1. The van der Waals surface area contributed by atoms with Crippen LogP contribution in [0.3, 0.4) is 0 Å². The molecule has 0 aromatic heterocycles. The first-order chi connectivity index (χ1) is 7.49. The van der Waals surface area contributed by atoms with E-state index in [0.29, 0.717) is 30.8 Å². The fraction of sp³-hybridized carbons (Fsp3) is 0.923. The summed E-state index contributed by atoms with van der Waals surface area (Å²) in [5, 5.41) is 0. The highest BCUT2D eigenvalue weighted by Gasteiger charge is 2.53. The minimum atomic E-state index is -0.448. The molecule has 0 amide bonds. The number of ether oxygens (including phenoxy) is 2. The lowest BCUT2D eigenvalue weighted by atomic mass is 9.75. The van der Waals surface area contributed by atoms with Crippen LogP contribution in [0.25, 0.3) is 0 Å². The number of ketones is 1. The van der Waals surface area contributed by atoms with Crippen LogP contribution in [0.2, 0.25) is 0 Å². The fourth-order valence-corrected chi connectivity index (χ4v) is 2.80. The van der Waals surface area contributed by atoms with Gasteiger partial charge in [-0.3, -0.25) is 4.79 Å². The average Bonchev–Trinajstić information content (AvgIpc) is 2.49. The normalized spacial score (nSPS) is 44.4. The molecule has 0 N–H and O–H groups in total. The highest BCUT2D eigenvalue weighted by atomic mass is 16.7. The first kappa shape index (κ1) is 12.1. The van der Waals surface area contributed by atoms with Crippen molar-refractivity contribution >= 4 is 5.78 Å². The van der Waals surface area contributed by atoms with Crippen molar-refractivity contribution in [3.05, 3.63) is 0 Å². The first-order valence-electron chi connectivity index (χ1n) is 6.31. The van der Waals surface area contributed by atoms with Crippen LogP contribution in [0.15, 0.2) is 0 Å². The second-order valence-electron chi connectivity index (χ2n) is 5.41. The van der Waals surface area contributed by atoms with E-state index in [2.05, 4.69) is 13.8 Å². The van der Waals surface area contributed by atoms with E-state index in [9.17, 15) is 4.79 Å². The first-order valence-corrected chi connectivity index (χ1v) is 6.31. The molecule has 2 fully saturated rings. The van der Waals surface area contributed by atoms with E-state index in [-0.39, 0.29) is 11.8 Å². The zero-order valence-corrected chi connectivity index (χ0v) is 10.7. The molecule has 16 heavy (non-hydrogen) atoms. The smallest absolute Gasteiger partial charge is 0.168 e. The number of carbonyl (C=O) groups excluding carboxylic acids is 1. The molecule has 3 nitrogen and oxygen atoms in total. The van der Waals surface area contributed by atoms with E-state index in [1.165, 1.54) is 0 Å². The molecule has 0 radical (unpaired) electrons. The molecule has 2 saturated heterocycles. The summed E-state index contributed by atoms with van der Waals surface area (Å²) in [6, 6.07) is 0. The SMILES string of the molecule is CC[C@@H](C)C(=O)[C@H]1CO[C@@]2(C)OC[C@@H]1[C@@H]2C. The lowest BCUT2D eigenvalue weighted by molar-refractivity contribution is -0.231. The maximum atomic E-state index is 12.2. The second-order valence-corrected chi connectivity index (χ2v) is 5.41. The summed E-state index contributed by atoms with van der Waals surface area (Å²) in [6.07, 6.45) is 0.911. The molecule has 2 aliphatic rings. The monoisotopic (exact) mass is 226 g/mol. The highest BCUT2D eigenvalue weighted by molar-refractivity contribution is 5.83. The van der Waals surface area contributed by atoms with Crippen LogP contribution in [-0.4, -0.2) is 24.8 Å². The van der Waals surface area contributed by atoms with E-state index in [0.717, 1.165) is 6.42 Å². The second kappa shape index (κ2) is 4.11. The summed E-state index contributed by atoms with van der Waals surface area (Å²) >= 11 is 0. The van der Waals surface area contributed by atoms with Gasteiger partial charge in [0.15, 0.2) is 5.79 Å². The van der Waals surface area contributed by atoms with Gasteiger partial charge in [-0.2, -0.15) is 0 Å². The third-order valence-corrected chi connectivity index (χ3v) is 4.56. The minimum absolute atomic E-state index is 0.0422. The Morgan fingerprint density at radius 3 is 2.69 bits per heavy atom. The van der Waals surface area contributed by atoms with Crippen molar-refractivity contribution in [2.75, 3.05) is 13.2 Å². The zero-order chi connectivity index (χ0) is 11.9. The zero-order valence-electron chi connectivity index (χ0n) is 10.7. The van der Waals surface area contributed by atoms with E-state index in [1.807, 2.05) is 13.8 Å². The molecule has 0 aromatic rings. The van der Waals surface area contributed by atoms with Crippen LogP contribution in [0.4, 0.5) is 0 Å². The summed E-state index contributed by atoms with van der Waals surface area (Å²) in [5.74, 6) is 0.759. The summed E-state index contributed by atoms with van der Waals surface area (Å²) in [7, 11) is 0. The van der Waals surface area contributed by atoms with Gasteiger partial charge in [0.1, 0.15) is 5.78 Å². The van der Waals surface area contributed by atoms with Gasteiger partial charge in [0, 0.05) is 23.7 Å². The van der Waals surface area contributed by atoms with Crippen molar-refractivity contribution in [1.82, 2.24) is 0 Å². The quantitative estimate of drug-likeness (QED) is 0.740. The Balaban J connectivity index is 2.12. The van der Waals surface area contributed by atoms with Crippen molar-refractivity contribution in [1.29, 1.82) is 0 Å². The Bertz CT molecular complexity index is 289. The van der Waals surface area contributed by atoms with Gasteiger partial charge in [-0.05, 0) is 13.3 Å². The predicted molar refractivity (Wildman–Crippen MR) is 60.9 cm³/mol. The number of fused-ring (bicyclic) bond motifs is 2. The van der Waals surface area contributed by atoms with Crippen LogP contribution >= 0.6 is 0 Å². The molecule has 0 unspecified atom stereocenters. The van der Waals surface area contributed by atoms with Gasteiger partial charge in [-0.1, -0.05) is 20.8 Å². The maximum absolute atomic E-state index is 12.2. The minimum Gasteiger partial charge on any atom is -0.350 e. The number of hydrogen-bond donors (Lipinski definition) is 0. The molecular formula is C13H22O3. The molecule has 0 aliphatic carbocycles. The fourth-order valence-electron chi connectivity index (χ4n) is 2.80. The van der Waals surface area contributed by atoms with E-state index in [4.69, 9.17) is 9.47 Å². The van der Waals surface area contributed by atoms with Crippen molar-refractivity contribution in [2.45, 2.75) is 39.9 Å². The number of carbonyl (C=O) groups is 1. The van der Waals surface area contributed by atoms with Crippen LogP contribution in [-0.2, 0) is 14.3 Å². The lowest BCUT2D eigenvalue weighted by Crippen LogP contribution is -2.46. The summed E-state index contributed by atoms with van der Waals surface area (Å²) in [4.78, 5) is 12.2. The summed E-state index contributed by atoms with van der Waals surface area (Å²) < 4.78 is 11.4. The number of hydrogen-bond acceptors (Lipinski definition) is 3. The molecular weight excluding hydrogens is 204 g/mol. The lowest BCUT2D eigenvalue weighted by Gasteiger charge is -2.38. The largest absolute Gasteiger partial charge is 0.350 e. The Hall–Kier alpha value is -0.410. The molecule has 3 heteroatoms. The molecule has 0 aromatic carbocycles. The van der Waals surface area contributed by atoms with Crippen molar-refractivity contribution in [2.24, 2.45) is 23.7 Å². The van der Waals surface area contributed by atoms with E-state index >= 15 is 0 Å². The molecule has 2 heterocycles. The molecule has 5 atom stereocenters. The van der Waals surface area contributed by atoms with Gasteiger partial charge in [-0.25, -0.2) is 0 Å². The summed E-state index contributed by atoms with van der Waals surface area (Å²) in [5.41, 5.74) is 0. The summed E-state index contributed by atoms with van der Waals surface area (Å²) in [6.45, 7) is 9.40. The van der Waals surface area contributed by atoms with Gasteiger partial charge in [0.05, 0.1) is 13.2 Å². The molecule has 2 rings (SSSR count). The predicted octanol–water partition coefficient (Wildman–Crippen LogP) is 2.25. The third kappa shape index (κ3) is 1.70. The Morgan fingerprint density at radius 1 is 1.44 bits per heavy atom. The third-order valence-electron chi connectivity index (χ3n) is 4.56. The van der Waals surface area contributed by atoms with Gasteiger partial charge < -0.3 is 9.47 Å². The maximum Gasteiger partial charge on any atom is 0.168 e. The van der Waals surface area contributed by atoms with E-state index < -0.39 is 5.79 Å². The van der Waals surface area contributed by atoms with Crippen molar-refractivity contribution in [3.8, 4) is 0 Å². The Morgan fingerprint density at radius 2 is 2.06 bits per heavy atom. The van der Waals surface area contributed by atoms with Crippen LogP contribution < -0.4 is 0 Å². The Kier molecular flexibility index (Phi) is 3.10. The molecule has 92 valence electrons. The standard InChI is InChI=1S/C13H22O3/c1-5-8(2)12(14)11-7-16-13(4)9(3)10(11)6-15-13/h8-11H,5-7H2,1-4H3/t8-,9+,10-,11+,13-/m1/s1. The van der Waals surface area contributed by atoms with Crippen LogP contribution in [0.1, 0.15) is 34.1 Å².